The number of tetrazole rings is 1. The molecule has 0 unspecified atom stereocenters. The molecule has 0 atom stereocenters. The van der Waals surface area contributed by atoms with Gasteiger partial charge in [0.25, 0.3) is 0 Å². The topological polar surface area (TPSA) is 72.7 Å². The van der Waals surface area contributed by atoms with Crippen molar-refractivity contribution in [3.63, 3.8) is 0 Å². The summed E-state index contributed by atoms with van der Waals surface area (Å²) in [5, 5.41) is 15.0. The normalized spacial score (nSPS) is 11.0. The number of hydrogen-bond acceptors (Lipinski definition) is 4. The Hall–Kier alpha value is -2.51. The first kappa shape index (κ1) is 17.3. The second kappa shape index (κ2) is 8.04. The third-order valence-corrected chi connectivity index (χ3v) is 4.10. The predicted molar refractivity (Wildman–Crippen MR) is 99.2 cm³/mol. The molecule has 8 heteroatoms. The van der Waals surface area contributed by atoms with Gasteiger partial charge in [-0.1, -0.05) is 39.7 Å². The van der Waals surface area contributed by atoms with Crippen LogP contribution in [0.3, 0.4) is 0 Å². The smallest absolute Gasteiger partial charge is 0.244 e. The number of benzene rings is 2. The number of amides is 1. The number of rotatable bonds is 5. The van der Waals surface area contributed by atoms with Crippen LogP contribution in [0, 0.1) is 0 Å². The summed E-state index contributed by atoms with van der Waals surface area (Å²) < 4.78 is 2.54. The molecule has 0 aliphatic rings. The van der Waals surface area contributed by atoms with E-state index in [0.717, 1.165) is 15.7 Å². The lowest BCUT2D eigenvalue weighted by Gasteiger charge is -2.05. The van der Waals surface area contributed by atoms with Crippen molar-refractivity contribution in [1.29, 1.82) is 0 Å². The summed E-state index contributed by atoms with van der Waals surface area (Å²) >= 11 is 9.21. The molecule has 0 aliphatic carbocycles. The van der Waals surface area contributed by atoms with Crippen LogP contribution in [0.4, 0.5) is 0 Å². The fraction of sp³-hybridized carbons (Fsp3) is 0.0588. The number of carbonyl (C=O) groups excluding carboxylic acids is 1. The molecule has 3 aromatic rings. The Bertz CT molecular complexity index is 890. The molecule has 0 aliphatic heterocycles. The highest BCUT2D eigenvalue weighted by Crippen LogP contribution is 2.14. The van der Waals surface area contributed by atoms with Gasteiger partial charge in [-0.3, -0.25) is 4.79 Å². The van der Waals surface area contributed by atoms with Gasteiger partial charge in [-0.15, -0.1) is 5.10 Å². The standard InChI is InChI=1S/C17H13BrClN5O/c18-13-4-8-15(9-5-13)24-16(21-22-23-24)11-20-17(25)10-3-12-1-6-14(19)7-2-12/h1-10H,11H2,(H,20,25)/b10-3+. The first-order valence-electron chi connectivity index (χ1n) is 7.36. The fourth-order valence-corrected chi connectivity index (χ4v) is 2.46. The summed E-state index contributed by atoms with van der Waals surface area (Å²) in [6.07, 6.45) is 3.17. The fourth-order valence-electron chi connectivity index (χ4n) is 2.07. The molecule has 0 saturated carbocycles. The summed E-state index contributed by atoms with van der Waals surface area (Å²) in [5.41, 5.74) is 1.70. The van der Waals surface area contributed by atoms with Crippen molar-refractivity contribution in [3.05, 3.63) is 75.5 Å². The second-order valence-electron chi connectivity index (χ2n) is 5.09. The molecule has 1 N–H and O–H groups in total. The van der Waals surface area contributed by atoms with E-state index in [1.807, 2.05) is 36.4 Å². The number of carbonyl (C=O) groups is 1. The largest absolute Gasteiger partial charge is 0.345 e. The van der Waals surface area contributed by atoms with E-state index in [4.69, 9.17) is 11.6 Å². The van der Waals surface area contributed by atoms with Crippen molar-refractivity contribution in [3.8, 4) is 5.69 Å². The molecule has 2 aromatic carbocycles. The van der Waals surface area contributed by atoms with Crippen LogP contribution in [0.2, 0.25) is 5.02 Å². The van der Waals surface area contributed by atoms with Gasteiger partial charge in [0.05, 0.1) is 12.2 Å². The van der Waals surface area contributed by atoms with Crippen molar-refractivity contribution in [2.45, 2.75) is 6.54 Å². The van der Waals surface area contributed by atoms with Crippen LogP contribution < -0.4 is 5.32 Å². The molecule has 0 spiro atoms. The Morgan fingerprint density at radius 2 is 1.88 bits per heavy atom. The Morgan fingerprint density at radius 1 is 1.16 bits per heavy atom. The van der Waals surface area contributed by atoms with Gasteiger partial charge in [0.15, 0.2) is 5.82 Å². The Kier molecular flexibility index (Phi) is 5.57. The van der Waals surface area contributed by atoms with Crippen LogP contribution in [0.1, 0.15) is 11.4 Å². The zero-order valence-corrected chi connectivity index (χ0v) is 15.3. The summed E-state index contributed by atoms with van der Waals surface area (Å²) in [7, 11) is 0. The lowest BCUT2D eigenvalue weighted by atomic mass is 10.2. The lowest BCUT2D eigenvalue weighted by molar-refractivity contribution is -0.116. The summed E-state index contributed by atoms with van der Waals surface area (Å²) in [5.74, 6) is 0.302. The average Bonchev–Trinajstić information content (AvgIpc) is 3.09. The van der Waals surface area contributed by atoms with E-state index >= 15 is 0 Å². The van der Waals surface area contributed by atoms with E-state index in [0.29, 0.717) is 10.8 Å². The SMILES string of the molecule is O=C(/C=C/c1ccc(Cl)cc1)NCc1nnnn1-c1ccc(Br)cc1. The maximum absolute atomic E-state index is 12.0. The minimum Gasteiger partial charge on any atom is -0.345 e. The minimum absolute atomic E-state index is 0.215. The predicted octanol–water partition coefficient (Wildman–Crippen LogP) is 3.41. The lowest BCUT2D eigenvalue weighted by Crippen LogP contribution is -2.22. The molecular weight excluding hydrogens is 406 g/mol. The highest BCUT2D eigenvalue weighted by atomic mass is 79.9. The third kappa shape index (κ3) is 4.74. The summed E-state index contributed by atoms with van der Waals surface area (Å²) in [6, 6.07) is 14.8. The van der Waals surface area contributed by atoms with E-state index in [1.54, 1.807) is 22.9 Å². The van der Waals surface area contributed by atoms with Gasteiger partial charge in [-0.05, 0) is 58.5 Å². The molecule has 126 valence electrons. The zero-order valence-electron chi connectivity index (χ0n) is 12.9. The van der Waals surface area contributed by atoms with Gasteiger partial charge in [-0.25, -0.2) is 0 Å². The molecule has 1 aromatic heterocycles. The zero-order chi connectivity index (χ0) is 17.6. The minimum atomic E-state index is -0.236. The van der Waals surface area contributed by atoms with Crippen LogP contribution >= 0.6 is 27.5 Å². The van der Waals surface area contributed by atoms with E-state index in [-0.39, 0.29) is 12.5 Å². The van der Waals surface area contributed by atoms with Crippen molar-refractivity contribution < 1.29 is 4.79 Å². The van der Waals surface area contributed by atoms with Gasteiger partial charge < -0.3 is 5.32 Å². The molecule has 1 amide bonds. The van der Waals surface area contributed by atoms with E-state index in [2.05, 4.69) is 36.8 Å². The first-order valence-corrected chi connectivity index (χ1v) is 8.53. The number of hydrogen-bond donors (Lipinski definition) is 1. The number of halogens is 2. The monoisotopic (exact) mass is 417 g/mol. The quantitative estimate of drug-likeness (QED) is 0.645. The van der Waals surface area contributed by atoms with Gasteiger partial charge in [-0.2, -0.15) is 4.68 Å². The van der Waals surface area contributed by atoms with Crippen molar-refractivity contribution in [1.82, 2.24) is 25.5 Å². The molecule has 1 heterocycles. The third-order valence-electron chi connectivity index (χ3n) is 3.32. The Labute approximate surface area is 157 Å². The van der Waals surface area contributed by atoms with Crippen molar-refractivity contribution in [2.75, 3.05) is 0 Å². The van der Waals surface area contributed by atoms with Gasteiger partial charge in [0.2, 0.25) is 5.91 Å². The van der Waals surface area contributed by atoms with Crippen LogP contribution in [-0.4, -0.2) is 26.1 Å². The summed E-state index contributed by atoms with van der Waals surface area (Å²) in [4.78, 5) is 12.0. The Morgan fingerprint density at radius 3 is 2.60 bits per heavy atom. The van der Waals surface area contributed by atoms with Gasteiger partial charge >= 0.3 is 0 Å². The van der Waals surface area contributed by atoms with Crippen LogP contribution in [0.5, 0.6) is 0 Å². The number of nitrogens with zero attached hydrogens (tertiary/aromatic N) is 4. The van der Waals surface area contributed by atoms with Crippen LogP contribution in [0.15, 0.2) is 59.1 Å². The second-order valence-corrected chi connectivity index (χ2v) is 6.44. The van der Waals surface area contributed by atoms with Crippen molar-refractivity contribution >= 4 is 39.5 Å². The maximum Gasteiger partial charge on any atom is 0.244 e. The molecule has 0 bridgehead atoms. The van der Waals surface area contributed by atoms with Gasteiger partial charge in [0.1, 0.15) is 0 Å². The molecule has 6 nitrogen and oxygen atoms in total. The molecule has 3 rings (SSSR count). The first-order chi connectivity index (χ1) is 12.1. The van der Waals surface area contributed by atoms with Crippen molar-refractivity contribution in [2.24, 2.45) is 0 Å². The highest BCUT2D eigenvalue weighted by molar-refractivity contribution is 9.10. The number of nitrogens with one attached hydrogen (secondary N) is 1. The Balaban J connectivity index is 1.62. The molecule has 0 fully saturated rings. The summed E-state index contributed by atoms with van der Waals surface area (Å²) in [6.45, 7) is 0.215. The van der Waals surface area contributed by atoms with Gasteiger partial charge in [0, 0.05) is 15.6 Å². The molecule has 0 saturated heterocycles. The van der Waals surface area contributed by atoms with Crippen LogP contribution in [0.25, 0.3) is 11.8 Å². The van der Waals surface area contributed by atoms with E-state index < -0.39 is 0 Å². The maximum atomic E-state index is 12.0. The molecule has 0 radical (unpaired) electrons. The number of aromatic nitrogens is 4. The molecular formula is C17H13BrClN5O. The van der Waals surface area contributed by atoms with Crippen LogP contribution in [-0.2, 0) is 11.3 Å². The van der Waals surface area contributed by atoms with E-state index in [9.17, 15) is 4.79 Å². The highest BCUT2D eigenvalue weighted by Gasteiger charge is 2.08. The molecule has 25 heavy (non-hydrogen) atoms. The van der Waals surface area contributed by atoms with E-state index in [1.165, 1.54) is 6.08 Å². The average molecular weight is 419 g/mol.